The van der Waals surface area contributed by atoms with E-state index >= 15 is 0 Å². The van der Waals surface area contributed by atoms with Gasteiger partial charge in [0.1, 0.15) is 5.75 Å². The van der Waals surface area contributed by atoms with Crippen molar-refractivity contribution in [1.29, 1.82) is 0 Å². The Morgan fingerprint density at radius 1 is 1.33 bits per heavy atom. The second-order valence-electron chi connectivity index (χ2n) is 6.50. The van der Waals surface area contributed by atoms with E-state index in [1.807, 2.05) is 24.3 Å². The molecular formula is C17H25NO3. The average molecular weight is 291 g/mol. The smallest absolute Gasteiger partial charge is 0.258 e. The highest BCUT2D eigenvalue weighted by atomic mass is 16.5. The van der Waals surface area contributed by atoms with Crippen LogP contribution in [0.3, 0.4) is 0 Å². The van der Waals surface area contributed by atoms with Crippen molar-refractivity contribution in [2.45, 2.75) is 45.1 Å². The molecule has 1 N–H and O–H groups in total. The van der Waals surface area contributed by atoms with Crippen LogP contribution in [0.4, 0.5) is 0 Å². The number of ether oxygens (including phenoxy) is 2. The van der Waals surface area contributed by atoms with E-state index in [9.17, 15) is 4.79 Å². The van der Waals surface area contributed by atoms with Gasteiger partial charge in [0.25, 0.3) is 5.91 Å². The van der Waals surface area contributed by atoms with Gasteiger partial charge in [0.2, 0.25) is 0 Å². The molecule has 1 aromatic carbocycles. The minimum atomic E-state index is -0.106. The minimum Gasteiger partial charge on any atom is -0.484 e. The van der Waals surface area contributed by atoms with Crippen LogP contribution in [-0.4, -0.2) is 31.8 Å². The summed E-state index contributed by atoms with van der Waals surface area (Å²) in [4.78, 5) is 11.7. The number of carbonyl (C=O) groups excluding carboxylic acids is 1. The van der Waals surface area contributed by atoms with Gasteiger partial charge >= 0.3 is 0 Å². The summed E-state index contributed by atoms with van der Waals surface area (Å²) < 4.78 is 11.0. The second kappa shape index (κ2) is 6.94. The molecule has 1 fully saturated rings. The third-order valence-electron chi connectivity index (χ3n) is 3.64. The van der Waals surface area contributed by atoms with Gasteiger partial charge in [-0.2, -0.15) is 0 Å². The molecule has 1 atom stereocenters. The van der Waals surface area contributed by atoms with E-state index in [2.05, 4.69) is 26.1 Å². The summed E-state index contributed by atoms with van der Waals surface area (Å²) in [5, 5.41) is 2.84. The molecule has 0 radical (unpaired) electrons. The maximum absolute atomic E-state index is 11.7. The number of hydrogen-bond acceptors (Lipinski definition) is 3. The van der Waals surface area contributed by atoms with Crippen LogP contribution >= 0.6 is 0 Å². The number of rotatable bonds is 5. The first kappa shape index (κ1) is 15.8. The van der Waals surface area contributed by atoms with Gasteiger partial charge in [-0.25, -0.2) is 0 Å². The van der Waals surface area contributed by atoms with Crippen molar-refractivity contribution in [1.82, 2.24) is 5.32 Å². The molecule has 0 saturated carbocycles. The van der Waals surface area contributed by atoms with Crippen LogP contribution in [0.5, 0.6) is 5.75 Å². The Balaban J connectivity index is 1.73. The molecule has 2 rings (SSSR count). The van der Waals surface area contributed by atoms with Crippen molar-refractivity contribution in [2.75, 3.05) is 19.8 Å². The summed E-state index contributed by atoms with van der Waals surface area (Å²) in [7, 11) is 0. The Morgan fingerprint density at radius 2 is 2.05 bits per heavy atom. The monoisotopic (exact) mass is 291 g/mol. The van der Waals surface area contributed by atoms with Gasteiger partial charge in [-0.05, 0) is 36.0 Å². The van der Waals surface area contributed by atoms with Crippen molar-refractivity contribution in [3.8, 4) is 5.75 Å². The highest BCUT2D eigenvalue weighted by Gasteiger charge is 2.16. The molecule has 1 aliphatic rings. The lowest BCUT2D eigenvalue weighted by Crippen LogP contribution is -2.35. The predicted molar refractivity (Wildman–Crippen MR) is 82.6 cm³/mol. The van der Waals surface area contributed by atoms with Gasteiger partial charge in [-0.15, -0.1) is 0 Å². The Morgan fingerprint density at radius 3 is 2.62 bits per heavy atom. The molecule has 0 spiro atoms. The fourth-order valence-electron chi connectivity index (χ4n) is 2.28. The SMILES string of the molecule is CC(C)(C)c1ccc(OCC(=O)NC[C@@H]2CCCO2)cc1. The summed E-state index contributed by atoms with van der Waals surface area (Å²) in [5.74, 6) is 0.612. The second-order valence-corrected chi connectivity index (χ2v) is 6.50. The predicted octanol–water partition coefficient (Wildman–Crippen LogP) is 2.66. The van der Waals surface area contributed by atoms with Crippen molar-refractivity contribution in [3.05, 3.63) is 29.8 Å². The fourth-order valence-corrected chi connectivity index (χ4v) is 2.28. The number of carbonyl (C=O) groups is 1. The van der Waals surface area contributed by atoms with E-state index in [-0.39, 0.29) is 24.0 Å². The molecular weight excluding hydrogens is 266 g/mol. The molecule has 0 bridgehead atoms. The highest BCUT2D eigenvalue weighted by molar-refractivity contribution is 5.77. The van der Waals surface area contributed by atoms with Crippen LogP contribution in [0.25, 0.3) is 0 Å². The lowest BCUT2D eigenvalue weighted by Gasteiger charge is -2.19. The van der Waals surface area contributed by atoms with Gasteiger partial charge in [0, 0.05) is 13.2 Å². The van der Waals surface area contributed by atoms with Crippen LogP contribution in [0, 0.1) is 0 Å². The summed E-state index contributed by atoms with van der Waals surface area (Å²) in [6.07, 6.45) is 2.27. The Hall–Kier alpha value is -1.55. The average Bonchev–Trinajstić information content (AvgIpc) is 2.95. The molecule has 116 valence electrons. The maximum Gasteiger partial charge on any atom is 0.258 e. The van der Waals surface area contributed by atoms with E-state index in [0.717, 1.165) is 25.2 Å². The van der Waals surface area contributed by atoms with Crippen LogP contribution in [0.1, 0.15) is 39.2 Å². The first-order chi connectivity index (χ1) is 9.95. The molecule has 0 aliphatic carbocycles. The Bertz CT molecular complexity index is 456. The molecule has 0 unspecified atom stereocenters. The molecule has 1 aromatic rings. The quantitative estimate of drug-likeness (QED) is 0.907. The van der Waals surface area contributed by atoms with Gasteiger partial charge in [0.05, 0.1) is 6.10 Å². The zero-order valence-corrected chi connectivity index (χ0v) is 13.1. The molecule has 21 heavy (non-hydrogen) atoms. The standard InChI is InChI=1S/C17H25NO3/c1-17(2,3)13-6-8-14(9-7-13)21-12-16(19)18-11-15-5-4-10-20-15/h6-9,15H,4-5,10-12H2,1-3H3,(H,18,19)/t15-/m0/s1. The molecule has 4 nitrogen and oxygen atoms in total. The number of amides is 1. The lowest BCUT2D eigenvalue weighted by atomic mass is 9.87. The molecule has 1 saturated heterocycles. The highest BCUT2D eigenvalue weighted by Crippen LogP contribution is 2.24. The maximum atomic E-state index is 11.7. The van der Waals surface area contributed by atoms with Crippen molar-refractivity contribution >= 4 is 5.91 Å². The van der Waals surface area contributed by atoms with Gasteiger partial charge in [-0.1, -0.05) is 32.9 Å². The van der Waals surface area contributed by atoms with E-state index in [0.29, 0.717) is 6.54 Å². The molecule has 4 heteroatoms. The molecule has 1 amide bonds. The fraction of sp³-hybridized carbons (Fsp3) is 0.588. The van der Waals surface area contributed by atoms with Gasteiger partial charge in [0.15, 0.2) is 6.61 Å². The van der Waals surface area contributed by atoms with Crippen LogP contribution < -0.4 is 10.1 Å². The first-order valence-electron chi connectivity index (χ1n) is 7.57. The van der Waals surface area contributed by atoms with Crippen molar-refractivity contribution < 1.29 is 14.3 Å². The summed E-state index contributed by atoms with van der Waals surface area (Å²) in [6.45, 7) is 7.92. The topological polar surface area (TPSA) is 47.6 Å². The Labute approximate surface area is 126 Å². The molecule has 1 heterocycles. The zero-order valence-electron chi connectivity index (χ0n) is 13.1. The normalized spacial score (nSPS) is 18.5. The number of benzene rings is 1. The molecule has 1 aliphatic heterocycles. The molecule has 0 aromatic heterocycles. The number of hydrogen-bond donors (Lipinski definition) is 1. The third kappa shape index (κ3) is 5.05. The van der Waals surface area contributed by atoms with E-state index in [1.54, 1.807) is 0 Å². The van der Waals surface area contributed by atoms with Gasteiger partial charge in [-0.3, -0.25) is 4.79 Å². The van der Waals surface area contributed by atoms with Crippen molar-refractivity contribution in [3.63, 3.8) is 0 Å². The van der Waals surface area contributed by atoms with Gasteiger partial charge < -0.3 is 14.8 Å². The summed E-state index contributed by atoms with van der Waals surface area (Å²) >= 11 is 0. The first-order valence-corrected chi connectivity index (χ1v) is 7.57. The van der Waals surface area contributed by atoms with E-state index < -0.39 is 0 Å². The lowest BCUT2D eigenvalue weighted by molar-refractivity contribution is -0.123. The van der Waals surface area contributed by atoms with Crippen LogP contribution in [0.15, 0.2) is 24.3 Å². The zero-order chi connectivity index (χ0) is 15.3. The van der Waals surface area contributed by atoms with Crippen LogP contribution in [0.2, 0.25) is 0 Å². The van der Waals surface area contributed by atoms with Crippen molar-refractivity contribution in [2.24, 2.45) is 0 Å². The van der Waals surface area contributed by atoms with E-state index in [4.69, 9.17) is 9.47 Å². The summed E-state index contributed by atoms with van der Waals surface area (Å²) in [6, 6.07) is 7.90. The van der Waals surface area contributed by atoms with E-state index in [1.165, 1.54) is 5.56 Å². The Kier molecular flexibility index (Phi) is 5.23. The third-order valence-corrected chi connectivity index (χ3v) is 3.64. The van der Waals surface area contributed by atoms with Crippen LogP contribution in [-0.2, 0) is 14.9 Å². The minimum absolute atomic E-state index is 0.0432. The summed E-state index contributed by atoms with van der Waals surface area (Å²) in [5.41, 5.74) is 1.37. The number of nitrogens with one attached hydrogen (secondary N) is 1. The largest absolute Gasteiger partial charge is 0.484 e.